The van der Waals surface area contributed by atoms with Crippen molar-refractivity contribution in [2.24, 2.45) is 0 Å². The highest BCUT2D eigenvalue weighted by atomic mass is 79.9. The highest BCUT2D eigenvalue weighted by Gasteiger charge is 2.23. The molecule has 0 radical (unpaired) electrons. The molecule has 1 aliphatic heterocycles. The van der Waals surface area contributed by atoms with E-state index in [4.69, 9.17) is 16.3 Å². The standard InChI is InChI=1S/C22H21BrClFN4O2/c23-17-4-5-21(19(24)13-17)31-15-29-7-6-20(26-29)22(30)28-10-8-27(9-11-28)14-16-2-1-3-18(25)12-16/h1-7,12-13H,8-11,14-15H2. The number of nitrogens with zero attached hydrogens (tertiary/aromatic N) is 4. The summed E-state index contributed by atoms with van der Waals surface area (Å²) < 4.78 is 21.5. The molecule has 0 atom stereocenters. The highest BCUT2D eigenvalue weighted by Crippen LogP contribution is 2.27. The van der Waals surface area contributed by atoms with Gasteiger partial charge in [0.05, 0.1) is 5.02 Å². The number of halogens is 3. The van der Waals surface area contributed by atoms with Gasteiger partial charge in [-0.15, -0.1) is 0 Å². The third kappa shape index (κ3) is 5.64. The van der Waals surface area contributed by atoms with Gasteiger partial charge in [-0.05, 0) is 42.0 Å². The van der Waals surface area contributed by atoms with Crippen molar-refractivity contribution in [1.29, 1.82) is 0 Å². The second-order valence-electron chi connectivity index (χ2n) is 7.29. The summed E-state index contributed by atoms with van der Waals surface area (Å²) in [7, 11) is 0. The van der Waals surface area contributed by atoms with E-state index in [0.29, 0.717) is 36.1 Å². The quantitative estimate of drug-likeness (QED) is 0.495. The van der Waals surface area contributed by atoms with Crippen molar-refractivity contribution in [3.05, 3.63) is 81.3 Å². The smallest absolute Gasteiger partial charge is 0.274 e. The molecule has 0 N–H and O–H groups in total. The largest absolute Gasteiger partial charge is 0.470 e. The third-order valence-corrected chi connectivity index (χ3v) is 5.85. The number of amides is 1. The van der Waals surface area contributed by atoms with Gasteiger partial charge in [0, 0.05) is 43.4 Å². The fourth-order valence-electron chi connectivity index (χ4n) is 3.44. The lowest BCUT2D eigenvalue weighted by Gasteiger charge is -2.34. The minimum Gasteiger partial charge on any atom is -0.470 e. The van der Waals surface area contributed by atoms with Gasteiger partial charge in [-0.2, -0.15) is 5.10 Å². The van der Waals surface area contributed by atoms with E-state index in [9.17, 15) is 9.18 Å². The molecule has 1 aliphatic rings. The van der Waals surface area contributed by atoms with Gasteiger partial charge < -0.3 is 9.64 Å². The van der Waals surface area contributed by atoms with E-state index in [1.54, 1.807) is 46.1 Å². The van der Waals surface area contributed by atoms with Crippen LogP contribution >= 0.6 is 27.5 Å². The molecule has 0 unspecified atom stereocenters. The number of hydrogen-bond acceptors (Lipinski definition) is 4. The zero-order valence-corrected chi connectivity index (χ0v) is 19.0. The lowest BCUT2D eigenvalue weighted by molar-refractivity contribution is 0.0620. The van der Waals surface area contributed by atoms with E-state index < -0.39 is 0 Å². The predicted molar refractivity (Wildman–Crippen MR) is 120 cm³/mol. The number of carbonyl (C=O) groups excluding carboxylic acids is 1. The number of rotatable bonds is 6. The Morgan fingerprint density at radius 2 is 1.94 bits per heavy atom. The Bertz CT molecular complexity index is 1070. The van der Waals surface area contributed by atoms with Crippen LogP contribution in [0, 0.1) is 5.82 Å². The molecule has 1 fully saturated rings. The number of carbonyl (C=O) groups is 1. The lowest BCUT2D eigenvalue weighted by Crippen LogP contribution is -2.48. The summed E-state index contributed by atoms with van der Waals surface area (Å²) in [6.45, 7) is 3.49. The Kier molecular flexibility index (Phi) is 6.89. The molecule has 3 aromatic rings. The van der Waals surface area contributed by atoms with Crippen LogP contribution in [0.15, 0.2) is 59.2 Å². The average Bonchev–Trinajstić information content (AvgIpc) is 3.22. The molecule has 2 heterocycles. The van der Waals surface area contributed by atoms with Crippen molar-refractivity contribution in [3.63, 3.8) is 0 Å². The Hall–Kier alpha value is -2.42. The van der Waals surface area contributed by atoms with Gasteiger partial charge in [0.2, 0.25) is 0 Å². The number of aromatic nitrogens is 2. The van der Waals surface area contributed by atoms with Crippen LogP contribution in [0.5, 0.6) is 5.75 Å². The first-order valence-corrected chi connectivity index (χ1v) is 11.0. The predicted octanol–water partition coefficient (Wildman–Crippen LogP) is 4.43. The van der Waals surface area contributed by atoms with Crippen LogP contribution in [0.25, 0.3) is 0 Å². The summed E-state index contributed by atoms with van der Waals surface area (Å²) in [6.07, 6.45) is 1.71. The zero-order valence-electron chi connectivity index (χ0n) is 16.7. The summed E-state index contributed by atoms with van der Waals surface area (Å²) in [5, 5.41) is 4.83. The summed E-state index contributed by atoms with van der Waals surface area (Å²) >= 11 is 9.51. The monoisotopic (exact) mass is 506 g/mol. The van der Waals surface area contributed by atoms with E-state index >= 15 is 0 Å². The molecule has 0 bridgehead atoms. The minimum absolute atomic E-state index is 0.106. The molecule has 1 aromatic heterocycles. The van der Waals surface area contributed by atoms with E-state index in [1.165, 1.54) is 6.07 Å². The van der Waals surface area contributed by atoms with E-state index in [1.807, 2.05) is 12.1 Å². The van der Waals surface area contributed by atoms with Crippen molar-refractivity contribution < 1.29 is 13.9 Å². The molecule has 1 amide bonds. The van der Waals surface area contributed by atoms with Gasteiger partial charge in [0.25, 0.3) is 5.91 Å². The van der Waals surface area contributed by atoms with Crippen LogP contribution in [0.2, 0.25) is 5.02 Å². The van der Waals surface area contributed by atoms with Crippen LogP contribution < -0.4 is 4.74 Å². The molecule has 0 saturated carbocycles. The van der Waals surface area contributed by atoms with E-state index in [-0.39, 0.29) is 18.5 Å². The maximum Gasteiger partial charge on any atom is 0.274 e. The van der Waals surface area contributed by atoms with Crippen LogP contribution in [0.1, 0.15) is 16.1 Å². The molecule has 162 valence electrons. The topological polar surface area (TPSA) is 50.6 Å². The molecule has 2 aromatic carbocycles. The van der Waals surface area contributed by atoms with Crippen molar-refractivity contribution in [2.45, 2.75) is 13.3 Å². The van der Waals surface area contributed by atoms with Gasteiger partial charge in [-0.25, -0.2) is 9.07 Å². The van der Waals surface area contributed by atoms with Gasteiger partial charge in [-0.1, -0.05) is 39.7 Å². The second-order valence-corrected chi connectivity index (χ2v) is 8.61. The minimum atomic E-state index is -0.228. The lowest BCUT2D eigenvalue weighted by atomic mass is 10.2. The number of piperazine rings is 1. The number of hydrogen-bond donors (Lipinski definition) is 0. The van der Waals surface area contributed by atoms with Crippen molar-refractivity contribution in [2.75, 3.05) is 26.2 Å². The number of ether oxygens (including phenoxy) is 1. The first-order valence-electron chi connectivity index (χ1n) is 9.85. The SMILES string of the molecule is O=C(c1ccn(COc2ccc(Br)cc2Cl)n1)N1CCN(Cc2cccc(F)c2)CC1. The Morgan fingerprint density at radius 1 is 1.13 bits per heavy atom. The molecule has 1 saturated heterocycles. The van der Waals surface area contributed by atoms with Gasteiger partial charge in [0.15, 0.2) is 12.4 Å². The average molecular weight is 508 g/mol. The third-order valence-electron chi connectivity index (χ3n) is 5.06. The first kappa shape index (κ1) is 21.8. The fourth-order valence-corrected chi connectivity index (χ4v) is 4.17. The first-order chi connectivity index (χ1) is 15.0. The van der Waals surface area contributed by atoms with Crippen LogP contribution in [0.3, 0.4) is 0 Å². The molecular weight excluding hydrogens is 487 g/mol. The van der Waals surface area contributed by atoms with E-state index in [0.717, 1.165) is 23.1 Å². The molecule has 31 heavy (non-hydrogen) atoms. The highest BCUT2D eigenvalue weighted by molar-refractivity contribution is 9.10. The van der Waals surface area contributed by atoms with Gasteiger partial charge in [-0.3, -0.25) is 9.69 Å². The molecule has 6 nitrogen and oxygen atoms in total. The maximum atomic E-state index is 13.4. The molecule has 0 aliphatic carbocycles. The van der Waals surface area contributed by atoms with Crippen molar-refractivity contribution in [1.82, 2.24) is 19.6 Å². The summed E-state index contributed by atoms with van der Waals surface area (Å²) in [5.74, 6) is 0.210. The maximum absolute atomic E-state index is 13.4. The molecule has 0 spiro atoms. The van der Waals surface area contributed by atoms with Crippen molar-refractivity contribution >= 4 is 33.4 Å². The van der Waals surface area contributed by atoms with Crippen LogP contribution in [-0.4, -0.2) is 51.7 Å². The fraction of sp³-hybridized carbons (Fsp3) is 0.273. The summed E-state index contributed by atoms with van der Waals surface area (Å²) in [5.41, 5.74) is 1.31. The molecular formula is C22H21BrClFN4O2. The van der Waals surface area contributed by atoms with Crippen LogP contribution in [-0.2, 0) is 13.3 Å². The zero-order chi connectivity index (χ0) is 21.8. The summed E-state index contributed by atoms with van der Waals surface area (Å²) in [6, 6.07) is 13.7. The molecule has 9 heteroatoms. The normalized spacial score (nSPS) is 14.6. The van der Waals surface area contributed by atoms with E-state index in [2.05, 4.69) is 25.9 Å². The molecule has 4 rings (SSSR count). The van der Waals surface area contributed by atoms with Gasteiger partial charge in [0.1, 0.15) is 11.6 Å². The Labute approximate surface area is 193 Å². The van der Waals surface area contributed by atoms with Crippen molar-refractivity contribution in [3.8, 4) is 5.75 Å². The Balaban J connectivity index is 1.29. The van der Waals surface area contributed by atoms with Gasteiger partial charge >= 0.3 is 0 Å². The summed E-state index contributed by atoms with van der Waals surface area (Å²) in [4.78, 5) is 16.8. The second kappa shape index (κ2) is 9.80. The van der Waals surface area contributed by atoms with Crippen LogP contribution in [0.4, 0.5) is 4.39 Å². The number of benzene rings is 2. The Morgan fingerprint density at radius 3 is 2.68 bits per heavy atom.